The van der Waals surface area contributed by atoms with Crippen LogP contribution in [0.1, 0.15) is 17.8 Å². The lowest BCUT2D eigenvalue weighted by Crippen LogP contribution is -2.24. The molecule has 0 atom stereocenters. The Morgan fingerprint density at radius 3 is 3.00 bits per heavy atom. The molecule has 2 aromatic heterocycles. The Bertz CT molecular complexity index is 766. The van der Waals surface area contributed by atoms with Crippen LogP contribution in [-0.4, -0.2) is 33.4 Å². The second kappa shape index (κ2) is 7.56. The van der Waals surface area contributed by atoms with E-state index in [1.54, 1.807) is 11.3 Å². The Labute approximate surface area is 141 Å². The third kappa shape index (κ3) is 4.29. The molecule has 0 bridgehead atoms. The van der Waals surface area contributed by atoms with Crippen LogP contribution in [-0.2, 0) is 17.6 Å². The van der Waals surface area contributed by atoms with E-state index in [4.69, 9.17) is 4.42 Å². The first-order chi connectivity index (χ1) is 11.2. The fraction of sp³-hybridized carbons (Fsp3) is 0.333. The van der Waals surface area contributed by atoms with Gasteiger partial charge >= 0.3 is 0 Å². The molecule has 6 nitrogen and oxygen atoms in total. The number of hydrogen-bond donors (Lipinski definition) is 1. The standard InChI is InChI=1S/C15H16N4O2S2/c1-2-16-12(20)9-22-15-19-18-13(21-15)7-8-14-17-10-5-3-4-6-11(10)23-14/h3-6H,2,7-9H2,1H3,(H,16,20). The Morgan fingerprint density at radius 1 is 1.30 bits per heavy atom. The number of carbonyl (C=O) groups is 1. The van der Waals surface area contributed by atoms with E-state index in [0.717, 1.165) is 16.9 Å². The first-order valence-corrected chi connectivity index (χ1v) is 9.11. The molecule has 8 heteroatoms. The number of nitrogens with one attached hydrogen (secondary N) is 1. The van der Waals surface area contributed by atoms with Gasteiger partial charge in [0.25, 0.3) is 5.22 Å². The molecular formula is C15H16N4O2S2. The summed E-state index contributed by atoms with van der Waals surface area (Å²) >= 11 is 2.93. The van der Waals surface area contributed by atoms with Crippen LogP contribution in [0.25, 0.3) is 10.2 Å². The average Bonchev–Trinajstić information content (AvgIpc) is 3.17. The number of para-hydroxylation sites is 1. The van der Waals surface area contributed by atoms with Crippen LogP contribution in [0.15, 0.2) is 33.9 Å². The Kier molecular flexibility index (Phi) is 5.24. The van der Waals surface area contributed by atoms with E-state index in [1.165, 1.54) is 16.5 Å². The van der Waals surface area contributed by atoms with Crippen molar-refractivity contribution in [1.82, 2.24) is 20.5 Å². The third-order valence-corrected chi connectivity index (χ3v) is 4.95. The van der Waals surface area contributed by atoms with Crippen molar-refractivity contribution in [3.8, 4) is 0 Å². The molecule has 1 N–H and O–H groups in total. The predicted molar refractivity (Wildman–Crippen MR) is 90.7 cm³/mol. The Hall–Kier alpha value is -1.93. The molecule has 0 fully saturated rings. The number of benzene rings is 1. The fourth-order valence-electron chi connectivity index (χ4n) is 2.01. The second-order valence-electron chi connectivity index (χ2n) is 4.78. The van der Waals surface area contributed by atoms with Gasteiger partial charge in [-0.05, 0) is 19.1 Å². The molecule has 0 aliphatic heterocycles. The molecule has 0 saturated carbocycles. The maximum absolute atomic E-state index is 11.4. The number of amides is 1. The number of hydrogen-bond acceptors (Lipinski definition) is 7. The minimum absolute atomic E-state index is 0.0354. The summed E-state index contributed by atoms with van der Waals surface area (Å²) < 4.78 is 6.73. The highest BCUT2D eigenvalue weighted by molar-refractivity contribution is 7.99. The van der Waals surface area contributed by atoms with Crippen molar-refractivity contribution in [3.05, 3.63) is 35.2 Å². The summed E-state index contributed by atoms with van der Waals surface area (Å²) in [5.41, 5.74) is 1.02. The number of nitrogens with zero attached hydrogens (tertiary/aromatic N) is 3. The van der Waals surface area contributed by atoms with Gasteiger partial charge in [-0.3, -0.25) is 4.79 Å². The third-order valence-electron chi connectivity index (χ3n) is 3.04. The van der Waals surface area contributed by atoms with Crippen molar-refractivity contribution < 1.29 is 9.21 Å². The molecule has 0 spiro atoms. The number of carbonyl (C=O) groups excluding carboxylic acids is 1. The molecular weight excluding hydrogens is 332 g/mol. The molecule has 120 valence electrons. The zero-order valence-electron chi connectivity index (χ0n) is 12.6. The summed E-state index contributed by atoms with van der Waals surface area (Å²) in [6, 6.07) is 8.08. The zero-order valence-corrected chi connectivity index (χ0v) is 14.2. The number of aromatic nitrogens is 3. The number of thiazole rings is 1. The van der Waals surface area contributed by atoms with Gasteiger partial charge in [0.05, 0.1) is 21.0 Å². The van der Waals surface area contributed by atoms with E-state index in [0.29, 0.717) is 24.1 Å². The number of thioether (sulfide) groups is 1. The van der Waals surface area contributed by atoms with Crippen LogP contribution in [0.2, 0.25) is 0 Å². The number of rotatable bonds is 7. The minimum Gasteiger partial charge on any atom is -0.416 e. The van der Waals surface area contributed by atoms with Crippen molar-refractivity contribution in [1.29, 1.82) is 0 Å². The van der Waals surface area contributed by atoms with E-state index in [2.05, 4.69) is 26.6 Å². The van der Waals surface area contributed by atoms with Crippen LogP contribution in [0.4, 0.5) is 0 Å². The van der Waals surface area contributed by atoms with E-state index in [-0.39, 0.29) is 11.7 Å². The van der Waals surface area contributed by atoms with Gasteiger partial charge in [-0.2, -0.15) is 0 Å². The van der Waals surface area contributed by atoms with Crippen molar-refractivity contribution in [2.45, 2.75) is 25.0 Å². The van der Waals surface area contributed by atoms with E-state index in [1.807, 2.05) is 25.1 Å². The molecule has 3 rings (SSSR count). The quantitative estimate of drug-likeness (QED) is 0.661. The molecule has 1 aromatic carbocycles. The minimum atomic E-state index is -0.0354. The van der Waals surface area contributed by atoms with Gasteiger partial charge in [0.15, 0.2) is 0 Å². The molecule has 1 amide bonds. The van der Waals surface area contributed by atoms with Crippen molar-refractivity contribution >= 4 is 39.2 Å². The number of fused-ring (bicyclic) bond motifs is 1. The summed E-state index contributed by atoms with van der Waals surface area (Å²) in [6.45, 7) is 2.51. The first kappa shape index (κ1) is 15.9. The van der Waals surface area contributed by atoms with Crippen molar-refractivity contribution in [3.63, 3.8) is 0 Å². The van der Waals surface area contributed by atoms with Crippen LogP contribution in [0, 0.1) is 0 Å². The molecule has 0 aliphatic carbocycles. The van der Waals surface area contributed by atoms with Gasteiger partial charge in [-0.15, -0.1) is 21.5 Å². The summed E-state index contributed by atoms with van der Waals surface area (Å²) in [5.74, 6) is 0.822. The largest absolute Gasteiger partial charge is 0.416 e. The number of aryl methyl sites for hydroxylation is 2. The lowest BCUT2D eigenvalue weighted by Gasteiger charge is -1.98. The summed E-state index contributed by atoms with van der Waals surface area (Å²) in [6.07, 6.45) is 1.41. The average molecular weight is 348 g/mol. The summed E-state index contributed by atoms with van der Waals surface area (Å²) in [7, 11) is 0. The molecule has 2 heterocycles. The highest BCUT2D eigenvalue weighted by Gasteiger charge is 2.10. The van der Waals surface area contributed by atoms with E-state index >= 15 is 0 Å². The lowest BCUT2D eigenvalue weighted by molar-refractivity contribution is -0.118. The molecule has 3 aromatic rings. The predicted octanol–water partition coefficient (Wildman–Crippen LogP) is 2.69. The van der Waals surface area contributed by atoms with Gasteiger partial charge in [-0.25, -0.2) is 4.98 Å². The molecule has 0 saturated heterocycles. The van der Waals surface area contributed by atoms with Gasteiger partial charge < -0.3 is 9.73 Å². The van der Waals surface area contributed by atoms with Gasteiger partial charge in [0.2, 0.25) is 11.8 Å². The van der Waals surface area contributed by atoms with Gasteiger partial charge in [0.1, 0.15) is 0 Å². The molecule has 0 unspecified atom stereocenters. The van der Waals surface area contributed by atoms with Crippen molar-refractivity contribution in [2.24, 2.45) is 0 Å². The molecule has 0 aliphatic rings. The fourth-order valence-corrected chi connectivity index (χ4v) is 3.59. The van der Waals surface area contributed by atoms with Crippen LogP contribution < -0.4 is 5.32 Å². The highest BCUT2D eigenvalue weighted by atomic mass is 32.2. The Morgan fingerprint density at radius 2 is 2.17 bits per heavy atom. The van der Waals surface area contributed by atoms with Crippen LogP contribution >= 0.6 is 23.1 Å². The SMILES string of the molecule is CCNC(=O)CSc1nnc(CCc2nc3ccccc3s2)o1. The lowest BCUT2D eigenvalue weighted by atomic mass is 10.3. The maximum Gasteiger partial charge on any atom is 0.277 e. The zero-order chi connectivity index (χ0) is 16.1. The Balaban J connectivity index is 1.53. The smallest absolute Gasteiger partial charge is 0.277 e. The van der Waals surface area contributed by atoms with Gasteiger partial charge in [-0.1, -0.05) is 23.9 Å². The molecule has 23 heavy (non-hydrogen) atoms. The topological polar surface area (TPSA) is 80.9 Å². The van der Waals surface area contributed by atoms with Gasteiger partial charge in [0, 0.05) is 19.4 Å². The molecule has 0 radical (unpaired) electrons. The monoisotopic (exact) mass is 348 g/mol. The van der Waals surface area contributed by atoms with E-state index < -0.39 is 0 Å². The highest BCUT2D eigenvalue weighted by Crippen LogP contribution is 2.23. The summed E-state index contributed by atoms with van der Waals surface area (Å²) in [4.78, 5) is 16.0. The van der Waals surface area contributed by atoms with Crippen molar-refractivity contribution in [2.75, 3.05) is 12.3 Å². The normalized spacial score (nSPS) is 11.0. The van der Waals surface area contributed by atoms with Crippen LogP contribution in [0.3, 0.4) is 0 Å². The first-order valence-electron chi connectivity index (χ1n) is 7.31. The second-order valence-corrected chi connectivity index (χ2v) is 6.82. The summed E-state index contributed by atoms with van der Waals surface area (Å²) in [5, 5.41) is 12.2. The van der Waals surface area contributed by atoms with Crippen LogP contribution in [0.5, 0.6) is 0 Å². The van der Waals surface area contributed by atoms with E-state index in [9.17, 15) is 4.79 Å². The maximum atomic E-state index is 11.4.